The number of benzene rings is 1. The van der Waals surface area contributed by atoms with Crippen molar-refractivity contribution in [1.82, 2.24) is 14.7 Å². The molecule has 1 aliphatic heterocycles. The number of piperidine rings is 1. The second-order valence-corrected chi connectivity index (χ2v) is 6.25. The van der Waals surface area contributed by atoms with Gasteiger partial charge in [0.25, 0.3) is 0 Å². The summed E-state index contributed by atoms with van der Waals surface area (Å²) in [7, 11) is 0. The van der Waals surface area contributed by atoms with Crippen molar-refractivity contribution >= 4 is 11.8 Å². The van der Waals surface area contributed by atoms with E-state index < -0.39 is 0 Å². The Balaban J connectivity index is 1.66. The van der Waals surface area contributed by atoms with Crippen LogP contribution in [0.2, 0.25) is 0 Å². The van der Waals surface area contributed by atoms with E-state index >= 15 is 0 Å². The van der Waals surface area contributed by atoms with Gasteiger partial charge in [-0.05, 0) is 25.3 Å². The number of hydrogen-bond acceptors (Lipinski definition) is 3. The molecule has 0 bridgehead atoms. The Kier molecular flexibility index (Phi) is 4.64. The monoisotopic (exact) mass is 326 g/mol. The molecule has 1 aliphatic rings. The van der Waals surface area contributed by atoms with E-state index in [1.807, 2.05) is 43.5 Å². The van der Waals surface area contributed by atoms with Crippen molar-refractivity contribution in [2.75, 3.05) is 13.1 Å². The second-order valence-electron chi connectivity index (χ2n) is 6.25. The van der Waals surface area contributed by atoms with Gasteiger partial charge in [0, 0.05) is 30.8 Å². The summed E-state index contributed by atoms with van der Waals surface area (Å²) in [5, 5.41) is 4.35. The van der Waals surface area contributed by atoms with Gasteiger partial charge in [0.2, 0.25) is 11.8 Å². The van der Waals surface area contributed by atoms with Crippen LogP contribution in [0.1, 0.15) is 25.8 Å². The van der Waals surface area contributed by atoms with E-state index in [1.165, 1.54) is 0 Å². The highest BCUT2D eigenvalue weighted by atomic mass is 16.2. The minimum Gasteiger partial charge on any atom is -0.369 e. The van der Waals surface area contributed by atoms with Crippen molar-refractivity contribution in [2.45, 2.75) is 25.8 Å². The maximum atomic E-state index is 12.7. The third kappa shape index (κ3) is 3.32. The number of amides is 2. The summed E-state index contributed by atoms with van der Waals surface area (Å²) in [6.07, 6.45) is 4.96. The summed E-state index contributed by atoms with van der Waals surface area (Å²) >= 11 is 0. The number of nitrogens with zero attached hydrogens (tertiary/aromatic N) is 3. The first-order valence-electron chi connectivity index (χ1n) is 8.24. The van der Waals surface area contributed by atoms with Gasteiger partial charge in [-0.15, -0.1) is 0 Å². The fourth-order valence-electron chi connectivity index (χ4n) is 3.09. The third-order valence-corrected chi connectivity index (χ3v) is 4.67. The summed E-state index contributed by atoms with van der Waals surface area (Å²) in [5.74, 6) is -0.353. The quantitative estimate of drug-likeness (QED) is 0.931. The molecule has 1 aromatic carbocycles. The van der Waals surface area contributed by atoms with Crippen molar-refractivity contribution < 1.29 is 9.59 Å². The van der Waals surface area contributed by atoms with Crippen molar-refractivity contribution in [3.05, 3.63) is 42.7 Å². The van der Waals surface area contributed by atoms with E-state index in [2.05, 4.69) is 5.10 Å². The number of rotatable bonds is 4. The third-order valence-electron chi connectivity index (χ3n) is 4.67. The van der Waals surface area contributed by atoms with E-state index in [0.29, 0.717) is 25.9 Å². The summed E-state index contributed by atoms with van der Waals surface area (Å²) in [6, 6.07) is 9.59. The highest BCUT2D eigenvalue weighted by Gasteiger charge is 2.29. The Labute approximate surface area is 141 Å². The summed E-state index contributed by atoms with van der Waals surface area (Å²) in [5.41, 5.74) is 7.40. The zero-order valence-corrected chi connectivity index (χ0v) is 13.8. The van der Waals surface area contributed by atoms with Crippen molar-refractivity contribution in [3.63, 3.8) is 0 Å². The maximum Gasteiger partial charge on any atom is 0.247 e. The first-order valence-corrected chi connectivity index (χ1v) is 8.24. The van der Waals surface area contributed by atoms with Crippen LogP contribution in [0.3, 0.4) is 0 Å². The lowest BCUT2D eigenvalue weighted by molar-refractivity contribution is -0.137. The van der Waals surface area contributed by atoms with Gasteiger partial charge in [0.15, 0.2) is 0 Å². The molecule has 2 heterocycles. The van der Waals surface area contributed by atoms with Gasteiger partial charge in [-0.3, -0.25) is 14.3 Å². The molecular formula is C18H22N4O2. The molecule has 1 fully saturated rings. The molecule has 3 rings (SSSR count). The number of carbonyl (C=O) groups excluding carboxylic acids is 2. The van der Waals surface area contributed by atoms with Crippen molar-refractivity contribution in [2.24, 2.45) is 11.7 Å². The van der Waals surface area contributed by atoms with E-state index in [4.69, 9.17) is 5.73 Å². The molecule has 0 saturated carbocycles. The summed E-state index contributed by atoms with van der Waals surface area (Å²) < 4.78 is 1.70. The lowest BCUT2D eigenvalue weighted by Gasteiger charge is -2.32. The molecule has 2 aromatic rings. The molecule has 2 N–H and O–H groups in total. The Morgan fingerprint density at radius 1 is 1.17 bits per heavy atom. The predicted molar refractivity (Wildman–Crippen MR) is 90.9 cm³/mol. The fraction of sp³-hybridized carbons (Fsp3) is 0.389. The van der Waals surface area contributed by atoms with E-state index in [9.17, 15) is 9.59 Å². The predicted octanol–water partition coefficient (Wildman–Crippen LogP) is 1.83. The maximum absolute atomic E-state index is 12.7. The molecule has 24 heavy (non-hydrogen) atoms. The van der Waals surface area contributed by atoms with Gasteiger partial charge in [0.05, 0.1) is 6.20 Å². The first-order chi connectivity index (χ1) is 11.6. The average Bonchev–Trinajstić information content (AvgIpc) is 3.11. The highest BCUT2D eigenvalue weighted by molar-refractivity contribution is 5.81. The van der Waals surface area contributed by atoms with Crippen LogP contribution in [0.15, 0.2) is 42.7 Å². The minimum atomic E-state index is -0.368. The van der Waals surface area contributed by atoms with Crippen LogP contribution in [0.4, 0.5) is 0 Å². The van der Waals surface area contributed by atoms with Crippen LogP contribution >= 0.6 is 0 Å². The molecule has 0 aliphatic carbocycles. The number of aromatic nitrogens is 2. The number of primary amides is 1. The molecule has 1 aromatic heterocycles. The van der Waals surface area contributed by atoms with Crippen LogP contribution in [-0.2, 0) is 9.59 Å². The molecule has 1 saturated heterocycles. The lowest BCUT2D eigenvalue weighted by Crippen LogP contribution is -2.44. The smallest absolute Gasteiger partial charge is 0.247 e. The van der Waals surface area contributed by atoms with Gasteiger partial charge in [-0.25, -0.2) is 0 Å². The molecule has 0 unspecified atom stereocenters. The number of hydrogen-bond donors (Lipinski definition) is 1. The summed E-state index contributed by atoms with van der Waals surface area (Å²) in [4.78, 5) is 25.7. The van der Waals surface area contributed by atoms with Crippen LogP contribution in [0.5, 0.6) is 0 Å². The molecule has 2 amide bonds. The molecule has 0 spiro atoms. The van der Waals surface area contributed by atoms with Crippen LogP contribution in [0, 0.1) is 5.92 Å². The average molecular weight is 326 g/mol. The molecule has 0 radical (unpaired) electrons. The van der Waals surface area contributed by atoms with Gasteiger partial charge in [0.1, 0.15) is 6.04 Å². The SMILES string of the molecule is C[C@H](C(=O)N1CCC(C(N)=O)CC1)n1cc(-c2ccccc2)cn1. The first kappa shape index (κ1) is 16.2. The topological polar surface area (TPSA) is 81.2 Å². The molecule has 1 atom stereocenters. The van der Waals surface area contributed by atoms with Crippen molar-refractivity contribution in [1.29, 1.82) is 0 Å². The number of nitrogens with two attached hydrogens (primary N) is 1. The van der Waals surface area contributed by atoms with Gasteiger partial charge >= 0.3 is 0 Å². The van der Waals surface area contributed by atoms with E-state index in [-0.39, 0.29) is 23.8 Å². The number of likely N-dealkylation sites (tertiary alicyclic amines) is 1. The van der Waals surface area contributed by atoms with Gasteiger partial charge in [-0.1, -0.05) is 30.3 Å². The largest absolute Gasteiger partial charge is 0.369 e. The normalized spacial score (nSPS) is 16.8. The van der Waals surface area contributed by atoms with Gasteiger partial charge < -0.3 is 10.6 Å². The molecular weight excluding hydrogens is 304 g/mol. The molecule has 6 nitrogen and oxygen atoms in total. The zero-order valence-electron chi connectivity index (χ0n) is 13.8. The molecule has 6 heteroatoms. The lowest BCUT2D eigenvalue weighted by atomic mass is 9.96. The fourth-order valence-corrected chi connectivity index (χ4v) is 3.09. The van der Waals surface area contributed by atoms with Crippen LogP contribution < -0.4 is 5.73 Å². The Hall–Kier alpha value is -2.63. The Morgan fingerprint density at radius 2 is 1.83 bits per heavy atom. The highest BCUT2D eigenvalue weighted by Crippen LogP contribution is 2.22. The van der Waals surface area contributed by atoms with Crippen LogP contribution in [0.25, 0.3) is 11.1 Å². The van der Waals surface area contributed by atoms with Crippen LogP contribution in [-0.4, -0.2) is 39.6 Å². The summed E-state index contributed by atoms with van der Waals surface area (Å²) in [6.45, 7) is 3.00. The standard InChI is InChI=1S/C18H22N4O2/c1-13(18(24)21-9-7-15(8-10-21)17(19)23)22-12-16(11-20-22)14-5-3-2-4-6-14/h2-6,11-13,15H,7-10H2,1H3,(H2,19,23)/t13-/m1/s1. The van der Waals surface area contributed by atoms with E-state index in [1.54, 1.807) is 15.8 Å². The molecule has 126 valence electrons. The van der Waals surface area contributed by atoms with E-state index in [0.717, 1.165) is 11.1 Å². The Bertz CT molecular complexity index is 718. The minimum absolute atomic E-state index is 0.0284. The Morgan fingerprint density at radius 3 is 2.46 bits per heavy atom. The number of carbonyl (C=O) groups is 2. The zero-order chi connectivity index (χ0) is 17.1. The second kappa shape index (κ2) is 6.86. The van der Waals surface area contributed by atoms with Crippen molar-refractivity contribution in [3.8, 4) is 11.1 Å². The van der Waals surface area contributed by atoms with Gasteiger partial charge in [-0.2, -0.15) is 5.10 Å².